The van der Waals surface area contributed by atoms with Crippen LogP contribution in [0.1, 0.15) is 41.5 Å². The van der Waals surface area contributed by atoms with E-state index in [1.165, 1.54) is 0 Å². The van der Waals surface area contributed by atoms with Crippen LogP contribution in [0.25, 0.3) is 0 Å². The molecule has 17 heavy (non-hydrogen) atoms. The van der Waals surface area contributed by atoms with Gasteiger partial charge in [-0.05, 0) is 25.2 Å². The minimum Gasteiger partial charge on any atom is -0.409 e. The van der Waals surface area contributed by atoms with Crippen molar-refractivity contribution < 1.29 is 10.0 Å². The average molecular weight is 243 g/mol. The molecule has 0 spiro atoms. The van der Waals surface area contributed by atoms with E-state index >= 15 is 0 Å². The number of rotatable bonds is 5. The van der Waals surface area contributed by atoms with Crippen LogP contribution in [0.2, 0.25) is 0 Å². The van der Waals surface area contributed by atoms with Crippen molar-refractivity contribution in [2.75, 3.05) is 6.54 Å². The molecule has 0 aromatic heterocycles. The minimum atomic E-state index is -0.998. The molecule has 4 N–H and O–H groups in total. The lowest BCUT2D eigenvalue weighted by atomic mass is 9.80. The third kappa shape index (κ3) is 3.91. The van der Waals surface area contributed by atoms with E-state index in [4.69, 9.17) is 10.9 Å². The SMILES string of the molecule is CC(C)C(C)(C)CNC(=O)C(C)(C)C(N)=NO. The summed E-state index contributed by atoms with van der Waals surface area (Å²) in [6, 6.07) is 0. The molecule has 5 heteroatoms. The molecule has 0 aromatic rings. The van der Waals surface area contributed by atoms with Gasteiger partial charge in [0.25, 0.3) is 0 Å². The number of oxime groups is 1. The molecule has 1 amide bonds. The van der Waals surface area contributed by atoms with Gasteiger partial charge in [-0.2, -0.15) is 0 Å². The number of nitrogens with two attached hydrogens (primary N) is 1. The molecule has 0 rings (SSSR count). The van der Waals surface area contributed by atoms with Gasteiger partial charge in [-0.15, -0.1) is 0 Å². The van der Waals surface area contributed by atoms with Crippen molar-refractivity contribution in [3.8, 4) is 0 Å². The van der Waals surface area contributed by atoms with Gasteiger partial charge >= 0.3 is 0 Å². The fourth-order valence-electron chi connectivity index (χ4n) is 0.975. The van der Waals surface area contributed by atoms with E-state index in [0.717, 1.165) is 0 Å². The highest BCUT2D eigenvalue weighted by Gasteiger charge is 2.34. The van der Waals surface area contributed by atoms with Crippen LogP contribution in [0.3, 0.4) is 0 Å². The summed E-state index contributed by atoms with van der Waals surface area (Å²) in [5.74, 6) is 0.133. The molecule has 0 fully saturated rings. The van der Waals surface area contributed by atoms with Crippen molar-refractivity contribution in [3.05, 3.63) is 0 Å². The summed E-state index contributed by atoms with van der Waals surface area (Å²) >= 11 is 0. The van der Waals surface area contributed by atoms with Gasteiger partial charge in [-0.25, -0.2) is 0 Å². The van der Waals surface area contributed by atoms with Gasteiger partial charge in [0.1, 0.15) is 5.41 Å². The fraction of sp³-hybridized carbons (Fsp3) is 0.833. The molecule has 0 saturated carbocycles. The Morgan fingerprint density at radius 2 is 1.82 bits per heavy atom. The van der Waals surface area contributed by atoms with Crippen molar-refractivity contribution in [2.24, 2.45) is 27.6 Å². The lowest BCUT2D eigenvalue weighted by Gasteiger charge is -2.31. The van der Waals surface area contributed by atoms with E-state index in [2.05, 4.69) is 38.2 Å². The quantitative estimate of drug-likeness (QED) is 0.296. The van der Waals surface area contributed by atoms with Crippen LogP contribution in [0, 0.1) is 16.7 Å². The smallest absolute Gasteiger partial charge is 0.233 e. The zero-order chi connectivity index (χ0) is 13.9. The van der Waals surface area contributed by atoms with Crippen LogP contribution in [0.4, 0.5) is 0 Å². The molecular formula is C12H25N3O2. The summed E-state index contributed by atoms with van der Waals surface area (Å²) in [6.45, 7) is 12.2. The second kappa shape index (κ2) is 5.38. The first-order valence-corrected chi connectivity index (χ1v) is 5.82. The highest BCUT2D eigenvalue weighted by Crippen LogP contribution is 2.25. The van der Waals surface area contributed by atoms with Crippen molar-refractivity contribution >= 4 is 11.7 Å². The molecule has 0 heterocycles. The van der Waals surface area contributed by atoms with Gasteiger partial charge in [0.2, 0.25) is 5.91 Å². The van der Waals surface area contributed by atoms with Crippen LogP contribution >= 0.6 is 0 Å². The molecule has 0 radical (unpaired) electrons. The second-order valence-electron chi connectivity index (χ2n) is 5.94. The van der Waals surface area contributed by atoms with Crippen LogP contribution < -0.4 is 11.1 Å². The number of amidine groups is 1. The largest absolute Gasteiger partial charge is 0.409 e. The molecule has 0 saturated heterocycles. The average Bonchev–Trinajstić information content (AvgIpc) is 2.24. The van der Waals surface area contributed by atoms with Crippen molar-refractivity contribution in [2.45, 2.75) is 41.5 Å². The van der Waals surface area contributed by atoms with E-state index in [0.29, 0.717) is 12.5 Å². The fourth-order valence-corrected chi connectivity index (χ4v) is 0.975. The van der Waals surface area contributed by atoms with Crippen molar-refractivity contribution in [1.82, 2.24) is 5.32 Å². The van der Waals surface area contributed by atoms with E-state index in [-0.39, 0.29) is 17.2 Å². The predicted molar refractivity (Wildman–Crippen MR) is 68.8 cm³/mol. The zero-order valence-electron chi connectivity index (χ0n) is 11.7. The Balaban J connectivity index is 4.58. The van der Waals surface area contributed by atoms with E-state index in [1.54, 1.807) is 13.8 Å². The highest BCUT2D eigenvalue weighted by atomic mass is 16.4. The zero-order valence-corrected chi connectivity index (χ0v) is 11.7. The van der Waals surface area contributed by atoms with Crippen LogP contribution in [-0.2, 0) is 4.79 Å². The maximum atomic E-state index is 12.0. The van der Waals surface area contributed by atoms with Gasteiger partial charge in [0.05, 0.1) is 0 Å². The van der Waals surface area contributed by atoms with E-state index in [1.807, 2.05) is 0 Å². The number of carbonyl (C=O) groups excluding carboxylic acids is 1. The topological polar surface area (TPSA) is 87.7 Å². The molecule has 0 aromatic carbocycles. The maximum Gasteiger partial charge on any atom is 0.233 e. The Kier molecular flexibility index (Phi) is 4.98. The molecule has 0 aliphatic rings. The summed E-state index contributed by atoms with van der Waals surface area (Å²) in [4.78, 5) is 12.0. The monoisotopic (exact) mass is 243 g/mol. The summed E-state index contributed by atoms with van der Waals surface area (Å²) in [7, 11) is 0. The first kappa shape index (κ1) is 15.7. The van der Waals surface area contributed by atoms with Gasteiger partial charge in [0.15, 0.2) is 5.84 Å². The third-order valence-corrected chi connectivity index (χ3v) is 3.58. The summed E-state index contributed by atoms with van der Waals surface area (Å²) < 4.78 is 0. The lowest BCUT2D eigenvalue weighted by Crippen LogP contribution is -2.48. The standard InChI is InChI=1S/C12H25N3O2/c1-8(2)11(3,4)7-14-10(16)12(5,6)9(13)15-17/h8,17H,7H2,1-6H3,(H2,13,15)(H,14,16). The lowest BCUT2D eigenvalue weighted by molar-refractivity contribution is -0.126. The Morgan fingerprint density at radius 3 is 2.18 bits per heavy atom. The number of hydrogen-bond donors (Lipinski definition) is 3. The minimum absolute atomic E-state index is 0.0108. The van der Waals surface area contributed by atoms with Crippen LogP contribution in [0.5, 0.6) is 0 Å². The Hall–Kier alpha value is -1.26. The molecule has 100 valence electrons. The number of nitrogens with one attached hydrogen (secondary N) is 1. The van der Waals surface area contributed by atoms with Crippen LogP contribution in [-0.4, -0.2) is 23.5 Å². The molecule has 0 bridgehead atoms. The van der Waals surface area contributed by atoms with Crippen molar-refractivity contribution in [3.63, 3.8) is 0 Å². The van der Waals surface area contributed by atoms with Gasteiger partial charge < -0.3 is 16.3 Å². The van der Waals surface area contributed by atoms with Crippen LogP contribution in [0.15, 0.2) is 5.16 Å². The predicted octanol–water partition coefficient (Wildman–Crippen LogP) is 1.56. The van der Waals surface area contributed by atoms with Crippen molar-refractivity contribution in [1.29, 1.82) is 0 Å². The second-order valence-corrected chi connectivity index (χ2v) is 5.94. The van der Waals surface area contributed by atoms with Gasteiger partial charge in [-0.3, -0.25) is 4.79 Å². The molecule has 0 unspecified atom stereocenters. The third-order valence-electron chi connectivity index (χ3n) is 3.58. The summed E-state index contributed by atoms with van der Waals surface area (Å²) in [5, 5.41) is 14.4. The van der Waals surface area contributed by atoms with Gasteiger partial charge in [0, 0.05) is 6.54 Å². The highest BCUT2D eigenvalue weighted by molar-refractivity contribution is 6.05. The molecule has 5 nitrogen and oxygen atoms in total. The first-order valence-electron chi connectivity index (χ1n) is 5.82. The Labute approximate surface area is 103 Å². The number of amides is 1. The Bertz CT molecular complexity index is 307. The number of carbonyl (C=O) groups is 1. The molecule has 0 aliphatic carbocycles. The molecular weight excluding hydrogens is 218 g/mol. The summed E-state index contributed by atoms with van der Waals surface area (Å²) in [6.07, 6.45) is 0. The normalized spacial score (nSPS) is 13.9. The molecule has 0 aliphatic heterocycles. The number of hydrogen-bond acceptors (Lipinski definition) is 3. The Morgan fingerprint density at radius 1 is 1.35 bits per heavy atom. The van der Waals surface area contributed by atoms with Gasteiger partial charge in [-0.1, -0.05) is 32.9 Å². The van der Waals surface area contributed by atoms with E-state index in [9.17, 15) is 4.79 Å². The summed E-state index contributed by atoms with van der Waals surface area (Å²) in [5.41, 5.74) is 4.50. The first-order chi connectivity index (χ1) is 7.55. The van der Waals surface area contributed by atoms with E-state index < -0.39 is 5.41 Å². The molecule has 0 atom stereocenters. The maximum absolute atomic E-state index is 12.0. The number of nitrogens with zero attached hydrogens (tertiary/aromatic N) is 1.